The Morgan fingerprint density at radius 2 is 2.00 bits per heavy atom. The van der Waals surface area contributed by atoms with E-state index in [4.69, 9.17) is 10.2 Å². The van der Waals surface area contributed by atoms with E-state index in [1.807, 2.05) is 6.07 Å². The van der Waals surface area contributed by atoms with Gasteiger partial charge in [0, 0.05) is 13.1 Å². The molecule has 0 bridgehead atoms. The summed E-state index contributed by atoms with van der Waals surface area (Å²) in [5.41, 5.74) is 5.95. The Morgan fingerprint density at radius 3 is 2.39 bits per heavy atom. The van der Waals surface area contributed by atoms with Crippen LogP contribution in [-0.2, 0) is 0 Å². The van der Waals surface area contributed by atoms with Gasteiger partial charge in [-0.3, -0.25) is 4.90 Å². The van der Waals surface area contributed by atoms with Gasteiger partial charge in [-0.05, 0) is 34.5 Å². The van der Waals surface area contributed by atoms with Gasteiger partial charge < -0.3 is 10.2 Å². The molecule has 0 aliphatic rings. The van der Waals surface area contributed by atoms with E-state index < -0.39 is 0 Å². The minimum Gasteiger partial charge on any atom is -0.466 e. The first kappa shape index (κ1) is 15.7. The van der Waals surface area contributed by atoms with E-state index in [9.17, 15) is 0 Å². The van der Waals surface area contributed by atoms with E-state index in [0.717, 1.165) is 29.2 Å². The van der Waals surface area contributed by atoms with Crippen molar-refractivity contribution in [3.8, 4) is 0 Å². The van der Waals surface area contributed by atoms with Crippen LogP contribution in [0.1, 0.15) is 45.4 Å². The van der Waals surface area contributed by atoms with Gasteiger partial charge >= 0.3 is 0 Å². The molecule has 1 atom stereocenters. The molecule has 3 nitrogen and oxygen atoms in total. The maximum atomic E-state index is 5.95. The molecule has 0 aromatic carbocycles. The molecule has 0 aliphatic heterocycles. The lowest BCUT2D eigenvalue weighted by molar-refractivity contribution is 0.156. The molecule has 1 unspecified atom stereocenters. The van der Waals surface area contributed by atoms with Crippen molar-refractivity contribution in [3.63, 3.8) is 0 Å². The number of rotatable bonds is 8. The quantitative estimate of drug-likeness (QED) is 0.793. The summed E-state index contributed by atoms with van der Waals surface area (Å²) >= 11 is 3.53. The molecule has 0 fully saturated rings. The zero-order chi connectivity index (χ0) is 13.5. The molecule has 1 rings (SSSR count). The fourth-order valence-corrected chi connectivity index (χ4v) is 2.79. The lowest BCUT2D eigenvalue weighted by Gasteiger charge is -2.31. The van der Waals surface area contributed by atoms with Crippen molar-refractivity contribution in [2.75, 3.05) is 19.6 Å². The van der Waals surface area contributed by atoms with Crippen LogP contribution in [0.3, 0.4) is 0 Å². The molecule has 0 spiro atoms. The zero-order valence-electron chi connectivity index (χ0n) is 11.7. The third kappa shape index (κ3) is 3.84. The van der Waals surface area contributed by atoms with E-state index in [-0.39, 0.29) is 6.04 Å². The second-order valence-electron chi connectivity index (χ2n) is 4.65. The number of halogens is 1. The number of furan rings is 1. The van der Waals surface area contributed by atoms with Crippen LogP contribution in [0.5, 0.6) is 0 Å². The van der Waals surface area contributed by atoms with Crippen LogP contribution in [0.25, 0.3) is 0 Å². The Labute approximate surface area is 119 Å². The Balaban J connectivity index is 2.81. The first-order valence-corrected chi connectivity index (χ1v) is 7.64. The normalized spacial score (nSPS) is 13.5. The molecular weight excluding hydrogens is 292 g/mol. The van der Waals surface area contributed by atoms with Gasteiger partial charge in [0.15, 0.2) is 0 Å². The van der Waals surface area contributed by atoms with Gasteiger partial charge in [0.2, 0.25) is 0 Å². The maximum absolute atomic E-state index is 5.95. The average molecular weight is 317 g/mol. The summed E-state index contributed by atoms with van der Waals surface area (Å²) in [7, 11) is 0. The van der Waals surface area contributed by atoms with Crippen LogP contribution < -0.4 is 5.73 Å². The van der Waals surface area contributed by atoms with E-state index in [1.54, 1.807) is 6.26 Å². The van der Waals surface area contributed by atoms with Gasteiger partial charge in [-0.25, -0.2) is 0 Å². The largest absolute Gasteiger partial charge is 0.466 e. The summed E-state index contributed by atoms with van der Waals surface area (Å²) in [6.07, 6.45) is 4.14. The molecule has 104 valence electrons. The van der Waals surface area contributed by atoms with Crippen LogP contribution in [-0.4, -0.2) is 24.5 Å². The van der Waals surface area contributed by atoms with Gasteiger partial charge in [-0.2, -0.15) is 0 Å². The second-order valence-corrected chi connectivity index (χ2v) is 5.51. The Morgan fingerprint density at radius 1 is 1.33 bits per heavy atom. The van der Waals surface area contributed by atoms with E-state index in [2.05, 4.69) is 41.6 Å². The predicted molar refractivity (Wildman–Crippen MR) is 79.5 cm³/mol. The van der Waals surface area contributed by atoms with Crippen molar-refractivity contribution < 1.29 is 4.42 Å². The van der Waals surface area contributed by atoms with Crippen molar-refractivity contribution >= 4 is 15.9 Å². The van der Waals surface area contributed by atoms with Crippen molar-refractivity contribution in [2.45, 2.75) is 39.7 Å². The molecule has 4 heteroatoms. The number of nitrogens with two attached hydrogens (primary N) is 1. The van der Waals surface area contributed by atoms with Gasteiger partial charge in [0.1, 0.15) is 5.76 Å². The smallest absolute Gasteiger partial charge is 0.136 e. The van der Waals surface area contributed by atoms with Crippen LogP contribution in [0.4, 0.5) is 0 Å². The topological polar surface area (TPSA) is 42.4 Å². The van der Waals surface area contributed by atoms with E-state index in [1.165, 1.54) is 12.8 Å². The molecular formula is C14H25BrN2O. The second kappa shape index (κ2) is 7.97. The molecule has 0 aliphatic carbocycles. The maximum Gasteiger partial charge on any atom is 0.136 e. The molecule has 18 heavy (non-hydrogen) atoms. The summed E-state index contributed by atoms with van der Waals surface area (Å²) in [6.45, 7) is 9.34. The molecule has 1 aromatic heterocycles. The van der Waals surface area contributed by atoms with Crippen molar-refractivity contribution in [1.29, 1.82) is 0 Å². The minimum absolute atomic E-state index is 0.167. The highest BCUT2D eigenvalue weighted by Gasteiger charge is 2.24. The van der Waals surface area contributed by atoms with Crippen LogP contribution in [0.15, 0.2) is 21.2 Å². The predicted octanol–water partition coefficient (Wildman–Crippen LogP) is 3.80. The number of hydrogen-bond acceptors (Lipinski definition) is 3. The number of likely N-dealkylation sites (N-methyl/N-ethyl adjacent to an activating group) is 1. The Hall–Kier alpha value is -0.320. The van der Waals surface area contributed by atoms with Crippen molar-refractivity contribution in [3.05, 3.63) is 22.6 Å². The van der Waals surface area contributed by atoms with Crippen LogP contribution in [0.2, 0.25) is 0 Å². The van der Waals surface area contributed by atoms with Crippen LogP contribution in [0, 0.1) is 5.92 Å². The Kier molecular flexibility index (Phi) is 6.97. The zero-order valence-corrected chi connectivity index (χ0v) is 13.2. The first-order valence-electron chi connectivity index (χ1n) is 6.84. The highest BCUT2D eigenvalue weighted by Crippen LogP contribution is 2.29. The van der Waals surface area contributed by atoms with E-state index >= 15 is 0 Å². The molecule has 0 saturated carbocycles. The lowest BCUT2D eigenvalue weighted by Crippen LogP contribution is -2.37. The van der Waals surface area contributed by atoms with Gasteiger partial charge in [-0.1, -0.05) is 33.6 Å². The molecule has 0 saturated heterocycles. The molecule has 0 amide bonds. The molecule has 1 heterocycles. The summed E-state index contributed by atoms with van der Waals surface area (Å²) in [4.78, 5) is 2.42. The minimum atomic E-state index is 0.167. The monoisotopic (exact) mass is 316 g/mol. The lowest BCUT2D eigenvalue weighted by atomic mass is 10.0. The molecule has 2 N–H and O–H groups in total. The van der Waals surface area contributed by atoms with Crippen LogP contribution >= 0.6 is 15.9 Å². The molecule has 0 radical (unpaired) electrons. The van der Waals surface area contributed by atoms with Gasteiger partial charge in [0.25, 0.3) is 0 Å². The summed E-state index contributed by atoms with van der Waals surface area (Å²) in [5.74, 6) is 1.68. The van der Waals surface area contributed by atoms with Gasteiger partial charge in [0.05, 0.1) is 16.8 Å². The standard InChI is InChI=1S/C14H25BrN2O/c1-4-11(5-2)10-17(6-3)13(9-16)14-12(15)7-8-18-14/h7-8,11,13H,4-6,9-10,16H2,1-3H3. The van der Waals surface area contributed by atoms with E-state index in [0.29, 0.717) is 6.54 Å². The van der Waals surface area contributed by atoms with Gasteiger partial charge in [-0.15, -0.1) is 0 Å². The fraction of sp³-hybridized carbons (Fsp3) is 0.714. The molecule has 1 aromatic rings. The highest BCUT2D eigenvalue weighted by atomic mass is 79.9. The highest BCUT2D eigenvalue weighted by molar-refractivity contribution is 9.10. The number of nitrogens with zero attached hydrogens (tertiary/aromatic N) is 1. The Bertz CT molecular complexity index is 336. The SMILES string of the molecule is CCC(CC)CN(CC)C(CN)c1occc1Br. The summed E-state index contributed by atoms with van der Waals surface area (Å²) in [5, 5.41) is 0. The fourth-order valence-electron chi connectivity index (χ4n) is 2.32. The summed E-state index contributed by atoms with van der Waals surface area (Å²) in [6, 6.07) is 2.10. The average Bonchev–Trinajstić information content (AvgIpc) is 2.81. The third-order valence-corrected chi connectivity index (χ3v) is 4.32. The first-order chi connectivity index (χ1) is 8.67. The van der Waals surface area contributed by atoms with Crippen molar-refractivity contribution in [2.24, 2.45) is 11.7 Å². The third-order valence-electron chi connectivity index (χ3n) is 3.67. The number of hydrogen-bond donors (Lipinski definition) is 1. The summed E-state index contributed by atoms with van der Waals surface area (Å²) < 4.78 is 6.60. The van der Waals surface area contributed by atoms with Crippen molar-refractivity contribution in [1.82, 2.24) is 4.90 Å².